The van der Waals surface area contributed by atoms with Crippen LogP contribution in [0.4, 0.5) is 0 Å². The molecule has 0 aliphatic carbocycles. The number of phosphoric ester groups is 1. The fraction of sp³-hybridized carbons (Fsp3) is 0.730. The molecule has 9 nitrogen and oxygen atoms in total. The number of esters is 2. The summed E-state index contributed by atoms with van der Waals surface area (Å²) >= 11 is 0. The van der Waals surface area contributed by atoms with E-state index in [-0.39, 0.29) is 32.0 Å². The van der Waals surface area contributed by atoms with Gasteiger partial charge in [0.2, 0.25) is 0 Å². The van der Waals surface area contributed by atoms with E-state index in [2.05, 4.69) is 123 Å². The monoisotopic (exact) mass is 1190 g/mol. The summed E-state index contributed by atoms with van der Waals surface area (Å²) in [5, 5.41) is 0. The molecule has 0 radical (unpaired) electrons. The zero-order chi connectivity index (χ0) is 61.2. The van der Waals surface area contributed by atoms with Crippen LogP contribution in [0, 0.1) is 0 Å². The number of rotatable bonds is 63. The van der Waals surface area contributed by atoms with Crippen LogP contribution in [0.15, 0.2) is 109 Å². The molecule has 0 spiro atoms. The van der Waals surface area contributed by atoms with E-state index in [1.165, 1.54) is 154 Å². The number of carbonyl (C=O) groups is 2. The smallest absolute Gasteiger partial charge is 0.462 e. The van der Waals surface area contributed by atoms with Gasteiger partial charge in [0.25, 0.3) is 0 Å². The predicted octanol–water partition coefficient (Wildman–Crippen LogP) is 22.5. The van der Waals surface area contributed by atoms with E-state index in [1.54, 1.807) is 0 Å². The maximum Gasteiger partial charge on any atom is 0.472 e. The molecule has 1 N–H and O–H groups in total. The first-order valence-corrected chi connectivity index (χ1v) is 36.1. The highest BCUT2D eigenvalue weighted by Gasteiger charge is 2.27. The Balaban J connectivity index is 3.96. The molecule has 0 aliphatic rings. The van der Waals surface area contributed by atoms with Crippen LogP contribution in [0.1, 0.15) is 296 Å². The molecule has 84 heavy (non-hydrogen) atoms. The molecule has 0 fully saturated rings. The molecule has 0 aromatic heterocycles. The first-order valence-electron chi connectivity index (χ1n) is 34.6. The van der Waals surface area contributed by atoms with Crippen molar-refractivity contribution < 1.29 is 42.1 Å². The highest BCUT2D eigenvalue weighted by atomic mass is 31.2. The normalized spacial score (nSPS) is 13.8. The molecule has 0 bridgehead atoms. The quantitative estimate of drug-likeness (QED) is 0.0211. The number of phosphoric acid groups is 1. The van der Waals surface area contributed by atoms with E-state index < -0.39 is 26.5 Å². The Bertz CT molecular complexity index is 1790. The number of likely N-dealkylation sites (N-methyl/N-ethyl adjacent to an activating group) is 1. The van der Waals surface area contributed by atoms with Crippen molar-refractivity contribution in [3.8, 4) is 0 Å². The van der Waals surface area contributed by atoms with Crippen molar-refractivity contribution in [3.63, 3.8) is 0 Å². The number of unbranched alkanes of at least 4 members (excludes halogenated alkanes) is 31. The molecule has 2 atom stereocenters. The maximum atomic E-state index is 12.8. The number of nitrogens with zero attached hydrogens (tertiary/aromatic N) is 1. The summed E-state index contributed by atoms with van der Waals surface area (Å²) in [6, 6.07) is 0. The summed E-state index contributed by atoms with van der Waals surface area (Å²) in [4.78, 5) is 35.8. The fourth-order valence-corrected chi connectivity index (χ4v) is 10.3. The van der Waals surface area contributed by atoms with Crippen molar-refractivity contribution in [1.82, 2.24) is 0 Å². The van der Waals surface area contributed by atoms with Gasteiger partial charge in [-0.15, -0.1) is 0 Å². The van der Waals surface area contributed by atoms with Gasteiger partial charge in [-0.3, -0.25) is 18.6 Å². The lowest BCUT2D eigenvalue weighted by atomic mass is 10.0. The van der Waals surface area contributed by atoms with Crippen LogP contribution in [0.3, 0.4) is 0 Å². The molecule has 0 amide bonds. The van der Waals surface area contributed by atoms with Crippen molar-refractivity contribution >= 4 is 19.8 Å². The minimum atomic E-state index is -4.40. The molecular weight excluding hydrogens is 1060 g/mol. The van der Waals surface area contributed by atoms with E-state index in [9.17, 15) is 19.0 Å². The topological polar surface area (TPSA) is 108 Å². The van der Waals surface area contributed by atoms with Gasteiger partial charge in [0, 0.05) is 12.8 Å². The number of allylic oxidation sites excluding steroid dienone is 18. The average Bonchev–Trinajstić information content (AvgIpc) is 3.61. The van der Waals surface area contributed by atoms with Gasteiger partial charge in [-0.25, -0.2) is 4.57 Å². The highest BCUT2D eigenvalue weighted by Crippen LogP contribution is 2.43. The Labute approximate surface area is 518 Å². The van der Waals surface area contributed by atoms with Crippen LogP contribution < -0.4 is 0 Å². The first kappa shape index (κ1) is 80.7. The predicted molar refractivity (Wildman–Crippen MR) is 362 cm³/mol. The molecule has 10 heteroatoms. The fourth-order valence-electron chi connectivity index (χ4n) is 9.57. The molecule has 2 unspecified atom stereocenters. The Morgan fingerprint density at radius 1 is 0.369 bits per heavy atom. The standard InChI is InChI=1S/C74H130NO8P/c1-6-8-10-12-14-16-18-20-22-24-26-28-29-30-31-32-33-34-35-36-37-38-39-40-41-42-43-44-45-47-48-50-52-54-56-58-60-62-64-66-73(76)80-70-72(71-82-84(78,79)81-69-68-75(3,4)5)83-74(77)67-65-63-61-59-57-55-53-51-49-46-27-25-23-21-19-17-15-13-11-9-7-2/h8-11,14-17,20-23,26-28,46,51,53,72H,6-7,12-13,18-19,24-25,29-45,47-50,52,54-71H2,1-5H3/p+1/b10-8-,11-9-,16-14-,17-15-,22-20-,23-21-,28-26-,46-27-,53-51-. The number of ether oxygens (including phenoxy) is 2. The van der Waals surface area contributed by atoms with E-state index in [1.807, 2.05) is 21.1 Å². The Kier molecular flexibility index (Phi) is 61.6. The number of carbonyl (C=O) groups excluding carboxylic acids is 2. The molecule has 0 aromatic rings. The van der Waals surface area contributed by atoms with Crippen LogP contribution in [-0.2, 0) is 32.7 Å². The Hall–Kier alpha value is -3.33. The molecule has 0 aliphatic heterocycles. The Morgan fingerprint density at radius 3 is 0.952 bits per heavy atom. The van der Waals surface area contributed by atoms with Crippen molar-refractivity contribution in [2.24, 2.45) is 0 Å². The number of quaternary nitrogens is 1. The van der Waals surface area contributed by atoms with E-state index in [0.29, 0.717) is 17.4 Å². The van der Waals surface area contributed by atoms with Crippen LogP contribution in [0.5, 0.6) is 0 Å². The molecule has 0 rings (SSSR count). The van der Waals surface area contributed by atoms with Crippen molar-refractivity contribution in [2.75, 3.05) is 47.5 Å². The SMILES string of the molecule is CC/C=C\C/C=C\C/C=C\C/C=C\C/C=C\CCCCCCCC(=O)OC(COC(=O)CCCCCCCCCCCCCCCCCCCCCCCCCCCC/C=C\C/C=C\C/C=C\C/C=C\CC)COP(=O)(O)OCC[N+](C)(C)C. The van der Waals surface area contributed by atoms with E-state index in [4.69, 9.17) is 18.5 Å². The molecule has 0 saturated heterocycles. The summed E-state index contributed by atoms with van der Waals surface area (Å²) in [6.07, 6.45) is 90.7. The second kappa shape index (κ2) is 64.2. The lowest BCUT2D eigenvalue weighted by Crippen LogP contribution is -2.37. The van der Waals surface area contributed by atoms with Gasteiger partial charge in [-0.05, 0) is 96.3 Å². The van der Waals surface area contributed by atoms with Crippen LogP contribution in [0.2, 0.25) is 0 Å². The summed E-state index contributed by atoms with van der Waals surface area (Å²) in [6.45, 7) is 4.20. The van der Waals surface area contributed by atoms with Crippen LogP contribution in [-0.4, -0.2) is 74.9 Å². The number of hydrogen-bond donors (Lipinski definition) is 1. The molecule has 0 heterocycles. The Morgan fingerprint density at radius 2 is 0.643 bits per heavy atom. The van der Waals surface area contributed by atoms with Gasteiger partial charge < -0.3 is 18.9 Å². The molecule has 484 valence electrons. The van der Waals surface area contributed by atoms with Crippen LogP contribution in [0.25, 0.3) is 0 Å². The minimum Gasteiger partial charge on any atom is -0.462 e. The van der Waals surface area contributed by atoms with Gasteiger partial charge in [-0.2, -0.15) is 0 Å². The summed E-state index contributed by atoms with van der Waals surface area (Å²) < 4.78 is 34.7. The average molecular weight is 1190 g/mol. The number of hydrogen-bond acceptors (Lipinski definition) is 7. The third kappa shape index (κ3) is 67.8. The maximum absolute atomic E-state index is 12.8. The van der Waals surface area contributed by atoms with Gasteiger partial charge in [0.15, 0.2) is 6.10 Å². The van der Waals surface area contributed by atoms with E-state index >= 15 is 0 Å². The van der Waals surface area contributed by atoms with Gasteiger partial charge >= 0.3 is 19.8 Å². The zero-order valence-corrected chi connectivity index (χ0v) is 56.0. The molecular formula is C74H131NO8P+. The van der Waals surface area contributed by atoms with Crippen molar-refractivity contribution in [3.05, 3.63) is 109 Å². The summed E-state index contributed by atoms with van der Waals surface area (Å²) in [5.74, 6) is -0.814. The van der Waals surface area contributed by atoms with E-state index in [0.717, 1.165) is 109 Å². The van der Waals surface area contributed by atoms with Crippen molar-refractivity contribution in [2.45, 2.75) is 302 Å². The first-order chi connectivity index (χ1) is 41.0. The lowest BCUT2D eigenvalue weighted by Gasteiger charge is -2.24. The molecule has 0 saturated carbocycles. The van der Waals surface area contributed by atoms with Gasteiger partial charge in [0.1, 0.15) is 19.8 Å². The van der Waals surface area contributed by atoms with Gasteiger partial charge in [0.05, 0.1) is 27.7 Å². The highest BCUT2D eigenvalue weighted by molar-refractivity contribution is 7.47. The third-order valence-corrected chi connectivity index (χ3v) is 15.8. The minimum absolute atomic E-state index is 0.0244. The molecule has 0 aromatic carbocycles. The third-order valence-electron chi connectivity index (χ3n) is 14.8. The zero-order valence-electron chi connectivity index (χ0n) is 55.1. The van der Waals surface area contributed by atoms with Crippen molar-refractivity contribution in [1.29, 1.82) is 0 Å². The lowest BCUT2D eigenvalue weighted by molar-refractivity contribution is -0.870. The summed E-state index contributed by atoms with van der Waals surface area (Å²) in [7, 11) is 1.46. The van der Waals surface area contributed by atoms with Gasteiger partial charge in [-0.1, -0.05) is 297 Å². The largest absolute Gasteiger partial charge is 0.472 e. The van der Waals surface area contributed by atoms with Crippen LogP contribution >= 0.6 is 7.82 Å². The second-order valence-electron chi connectivity index (χ2n) is 24.2. The second-order valence-corrected chi connectivity index (χ2v) is 25.6. The summed E-state index contributed by atoms with van der Waals surface area (Å²) in [5.41, 5.74) is 0.